The largest absolute Gasteiger partial charge is 0.370 e. The van der Waals surface area contributed by atoms with E-state index in [4.69, 9.17) is 11.6 Å². The molecule has 0 spiro atoms. The number of amides is 1. The highest BCUT2D eigenvalue weighted by atomic mass is 35.5. The Kier molecular flexibility index (Phi) is 4.28. The van der Waals surface area contributed by atoms with Gasteiger partial charge in [-0.15, -0.1) is 0 Å². The molecule has 0 aliphatic heterocycles. The molecule has 17 heavy (non-hydrogen) atoms. The molecule has 0 saturated heterocycles. The summed E-state index contributed by atoms with van der Waals surface area (Å²) in [6, 6.07) is 1.04. The lowest BCUT2D eigenvalue weighted by Crippen LogP contribution is -2.36. The van der Waals surface area contributed by atoms with Crippen molar-refractivity contribution >= 4 is 23.2 Å². The number of anilines is 1. The van der Waals surface area contributed by atoms with Crippen LogP contribution in [0.4, 0.5) is 14.5 Å². The van der Waals surface area contributed by atoms with Crippen molar-refractivity contribution in [2.45, 2.75) is 13.0 Å². The maximum absolute atomic E-state index is 13.4. The molecule has 94 valence electrons. The summed E-state index contributed by atoms with van der Waals surface area (Å²) >= 11 is 5.70. The van der Waals surface area contributed by atoms with E-state index in [0.717, 1.165) is 6.07 Å². The zero-order chi connectivity index (χ0) is 13.2. The van der Waals surface area contributed by atoms with Crippen molar-refractivity contribution in [3.8, 4) is 0 Å². The van der Waals surface area contributed by atoms with Crippen LogP contribution in [0.15, 0.2) is 12.1 Å². The predicted molar refractivity (Wildman–Crippen MR) is 63.1 cm³/mol. The highest BCUT2D eigenvalue weighted by Crippen LogP contribution is 2.27. The molecule has 1 N–H and O–H groups in total. The Morgan fingerprint density at radius 1 is 1.41 bits per heavy atom. The summed E-state index contributed by atoms with van der Waals surface area (Å²) < 4.78 is 26.2. The minimum Gasteiger partial charge on any atom is -0.370 e. The van der Waals surface area contributed by atoms with Crippen LogP contribution in [-0.2, 0) is 4.79 Å². The predicted octanol–water partition coefficient (Wildman–Crippen LogP) is 2.51. The number of benzene rings is 1. The van der Waals surface area contributed by atoms with Gasteiger partial charge in [0.25, 0.3) is 0 Å². The third-order valence-electron chi connectivity index (χ3n) is 2.18. The van der Waals surface area contributed by atoms with Crippen molar-refractivity contribution in [2.24, 2.45) is 0 Å². The molecule has 1 aromatic rings. The van der Waals surface area contributed by atoms with Gasteiger partial charge in [0.1, 0.15) is 11.9 Å². The molecule has 0 radical (unpaired) electrons. The fourth-order valence-corrected chi connectivity index (χ4v) is 1.59. The minimum absolute atomic E-state index is 0.0734. The van der Waals surface area contributed by atoms with E-state index in [1.807, 2.05) is 0 Å². The first-order valence-electron chi connectivity index (χ1n) is 4.95. The fourth-order valence-electron chi connectivity index (χ4n) is 1.35. The van der Waals surface area contributed by atoms with Crippen LogP contribution in [0.3, 0.4) is 0 Å². The number of hydrogen-bond donors (Lipinski definition) is 1. The van der Waals surface area contributed by atoms with Gasteiger partial charge in [-0.05, 0) is 13.0 Å². The lowest BCUT2D eigenvalue weighted by atomic mass is 10.2. The van der Waals surface area contributed by atoms with Crippen molar-refractivity contribution in [1.29, 1.82) is 0 Å². The second-order valence-electron chi connectivity index (χ2n) is 3.84. The topological polar surface area (TPSA) is 32.3 Å². The molecule has 3 nitrogen and oxygen atoms in total. The molecule has 0 bridgehead atoms. The Morgan fingerprint density at radius 2 is 2.00 bits per heavy atom. The molecular weight excluding hydrogens is 250 g/mol. The quantitative estimate of drug-likeness (QED) is 0.908. The maximum Gasteiger partial charge on any atom is 0.244 e. The first-order valence-corrected chi connectivity index (χ1v) is 5.33. The molecule has 1 atom stereocenters. The Morgan fingerprint density at radius 3 is 2.47 bits per heavy atom. The van der Waals surface area contributed by atoms with Gasteiger partial charge in [-0.25, -0.2) is 8.78 Å². The Bertz CT molecular complexity index is 414. The van der Waals surface area contributed by atoms with E-state index in [9.17, 15) is 13.6 Å². The summed E-state index contributed by atoms with van der Waals surface area (Å²) in [5, 5.41) is 2.53. The van der Waals surface area contributed by atoms with Crippen molar-refractivity contribution in [1.82, 2.24) is 4.90 Å². The number of halogens is 3. The third-order valence-corrected chi connectivity index (χ3v) is 2.48. The number of rotatable bonds is 3. The van der Waals surface area contributed by atoms with Crippen LogP contribution in [0, 0.1) is 11.6 Å². The molecule has 0 aliphatic carbocycles. The highest BCUT2D eigenvalue weighted by Gasteiger charge is 2.18. The van der Waals surface area contributed by atoms with E-state index >= 15 is 0 Å². The maximum atomic E-state index is 13.4. The van der Waals surface area contributed by atoms with E-state index in [-0.39, 0.29) is 16.6 Å². The highest BCUT2D eigenvalue weighted by molar-refractivity contribution is 6.33. The molecule has 6 heteroatoms. The van der Waals surface area contributed by atoms with Gasteiger partial charge in [-0.3, -0.25) is 4.79 Å². The third kappa shape index (κ3) is 3.30. The van der Waals surface area contributed by atoms with Gasteiger partial charge in [0, 0.05) is 20.2 Å². The molecule has 1 unspecified atom stereocenters. The first-order chi connectivity index (χ1) is 7.82. The SMILES string of the molecule is CC(Nc1c(F)cc(F)cc1Cl)C(=O)N(C)C. The van der Waals surface area contributed by atoms with Gasteiger partial charge < -0.3 is 10.2 Å². The Hall–Kier alpha value is -1.36. The van der Waals surface area contributed by atoms with E-state index in [1.165, 1.54) is 4.90 Å². The van der Waals surface area contributed by atoms with Gasteiger partial charge >= 0.3 is 0 Å². The van der Waals surface area contributed by atoms with Crippen molar-refractivity contribution in [3.05, 3.63) is 28.8 Å². The average Bonchev–Trinajstić information content (AvgIpc) is 2.21. The Labute approximate surface area is 103 Å². The summed E-state index contributed by atoms with van der Waals surface area (Å²) in [4.78, 5) is 12.9. The van der Waals surface area contributed by atoms with Crippen LogP contribution in [0.1, 0.15) is 6.92 Å². The van der Waals surface area contributed by atoms with Crippen LogP contribution < -0.4 is 5.32 Å². The van der Waals surface area contributed by atoms with E-state index in [1.54, 1.807) is 21.0 Å². The molecule has 1 amide bonds. The number of nitrogens with zero attached hydrogens (tertiary/aromatic N) is 1. The van der Waals surface area contributed by atoms with Gasteiger partial charge in [-0.1, -0.05) is 11.6 Å². The number of carbonyl (C=O) groups is 1. The molecule has 1 rings (SSSR count). The van der Waals surface area contributed by atoms with Crippen molar-refractivity contribution in [3.63, 3.8) is 0 Å². The van der Waals surface area contributed by atoms with E-state index in [0.29, 0.717) is 6.07 Å². The lowest BCUT2D eigenvalue weighted by Gasteiger charge is -2.19. The summed E-state index contributed by atoms with van der Waals surface area (Å²) in [5.41, 5.74) is -0.0734. The summed E-state index contributed by atoms with van der Waals surface area (Å²) in [5.74, 6) is -1.82. The molecule has 0 heterocycles. The fraction of sp³-hybridized carbons (Fsp3) is 0.364. The van der Waals surface area contributed by atoms with Crippen molar-refractivity contribution < 1.29 is 13.6 Å². The minimum atomic E-state index is -0.826. The number of likely N-dealkylation sites (N-methyl/N-ethyl adjacent to an activating group) is 1. The summed E-state index contributed by atoms with van der Waals surface area (Å²) in [6.07, 6.45) is 0. The van der Waals surface area contributed by atoms with Crippen molar-refractivity contribution in [2.75, 3.05) is 19.4 Å². The first kappa shape index (κ1) is 13.7. The van der Waals surface area contributed by atoms with Crippen LogP contribution in [0.5, 0.6) is 0 Å². The molecular formula is C11H13ClF2N2O. The van der Waals surface area contributed by atoms with Gasteiger partial charge in [0.15, 0.2) is 5.82 Å². The average molecular weight is 263 g/mol. The second kappa shape index (κ2) is 5.31. The molecule has 1 aromatic carbocycles. The van der Waals surface area contributed by atoms with Gasteiger partial charge in [-0.2, -0.15) is 0 Å². The van der Waals surface area contributed by atoms with Gasteiger partial charge in [0.2, 0.25) is 5.91 Å². The zero-order valence-corrected chi connectivity index (χ0v) is 10.5. The standard InChI is InChI=1S/C11H13ClF2N2O/c1-6(11(17)16(2)3)15-10-8(12)4-7(13)5-9(10)14/h4-6,15H,1-3H3. The van der Waals surface area contributed by atoms with Crippen LogP contribution in [-0.4, -0.2) is 30.9 Å². The summed E-state index contributed by atoms with van der Waals surface area (Å²) in [7, 11) is 3.17. The van der Waals surface area contributed by atoms with E-state index < -0.39 is 17.7 Å². The van der Waals surface area contributed by atoms with E-state index in [2.05, 4.69) is 5.32 Å². The lowest BCUT2D eigenvalue weighted by molar-refractivity contribution is -0.129. The number of hydrogen-bond acceptors (Lipinski definition) is 2. The zero-order valence-electron chi connectivity index (χ0n) is 9.72. The molecule has 0 saturated carbocycles. The molecule has 0 aromatic heterocycles. The Balaban J connectivity index is 2.92. The number of nitrogens with one attached hydrogen (secondary N) is 1. The smallest absolute Gasteiger partial charge is 0.244 e. The molecule has 0 fully saturated rings. The summed E-state index contributed by atoms with van der Waals surface area (Å²) in [6.45, 7) is 1.57. The second-order valence-corrected chi connectivity index (χ2v) is 4.25. The normalized spacial score (nSPS) is 12.1. The van der Waals surface area contributed by atoms with Crippen LogP contribution >= 0.6 is 11.6 Å². The number of carbonyl (C=O) groups excluding carboxylic acids is 1. The van der Waals surface area contributed by atoms with Crippen LogP contribution in [0.25, 0.3) is 0 Å². The van der Waals surface area contributed by atoms with Gasteiger partial charge in [0.05, 0.1) is 10.7 Å². The van der Waals surface area contributed by atoms with Crippen LogP contribution in [0.2, 0.25) is 5.02 Å². The molecule has 0 aliphatic rings. The monoisotopic (exact) mass is 262 g/mol.